The molecule has 0 atom stereocenters. The smallest absolute Gasteiger partial charge is 0.334 e. The van der Waals surface area contributed by atoms with E-state index >= 15 is 0 Å². The van der Waals surface area contributed by atoms with Crippen LogP contribution in [0.3, 0.4) is 0 Å². The Kier molecular flexibility index (Phi) is 6.07. The third kappa shape index (κ3) is 4.99. The summed E-state index contributed by atoms with van der Waals surface area (Å²) in [5.41, 5.74) is 2.29. The molecule has 1 aromatic carbocycles. The fraction of sp³-hybridized carbons (Fsp3) is 0.150. The molecular weight excluding hydrogens is 466 g/mol. The lowest BCUT2D eigenvalue weighted by molar-refractivity contribution is -0.116. The summed E-state index contributed by atoms with van der Waals surface area (Å²) >= 11 is 1.05. The van der Waals surface area contributed by atoms with Crippen molar-refractivity contribution < 1.29 is 18.0 Å². The molecule has 0 fully saturated rings. The zero-order valence-electron chi connectivity index (χ0n) is 17.6. The Morgan fingerprint density at radius 3 is 2.64 bits per heavy atom. The first-order valence-electron chi connectivity index (χ1n) is 9.66. The van der Waals surface area contributed by atoms with Crippen LogP contribution in [-0.4, -0.2) is 43.1 Å². The molecule has 1 aliphatic rings. The largest absolute Gasteiger partial charge is 0.388 e. The summed E-state index contributed by atoms with van der Waals surface area (Å²) in [6, 6.07) is 9.59. The summed E-state index contributed by atoms with van der Waals surface area (Å²) in [5.74, 6) is -0.0938. The number of urea groups is 1. The van der Waals surface area contributed by atoms with E-state index in [9.17, 15) is 18.0 Å². The van der Waals surface area contributed by atoms with Crippen molar-refractivity contribution in [3.63, 3.8) is 0 Å². The van der Waals surface area contributed by atoms with Crippen molar-refractivity contribution in [1.82, 2.24) is 14.7 Å². The van der Waals surface area contributed by atoms with Gasteiger partial charge in [-0.05, 0) is 31.2 Å². The summed E-state index contributed by atoms with van der Waals surface area (Å²) in [7, 11) is -2.19. The van der Waals surface area contributed by atoms with Gasteiger partial charge in [-0.3, -0.25) is 10.1 Å². The minimum atomic E-state index is -3.99. The minimum absolute atomic E-state index is 0.00591. The van der Waals surface area contributed by atoms with Crippen molar-refractivity contribution in [2.45, 2.75) is 17.6 Å². The second-order valence-electron chi connectivity index (χ2n) is 6.94. The molecule has 0 saturated carbocycles. The maximum Gasteiger partial charge on any atom is 0.334 e. The summed E-state index contributed by atoms with van der Waals surface area (Å²) in [5, 5.41) is 10.8. The summed E-state index contributed by atoms with van der Waals surface area (Å²) in [6.45, 7) is 1.76. The summed E-state index contributed by atoms with van der Waals surface area (Å²) in [4.78, 5) is 33.5. The van der Waals surface area contributed by atoms with Crippen molar-refractivity contribution in [2.24, 2.45) is 5.10 Å². The molecule has 0 spiro atoms. The number of carbonyl (C=O) groups excluding carboxylic acids is 2. The number of nitrogens with one attached hydrogen (secondary N) is 3. The molecule has 3 N–H and O–H groups in total. The lowest BCUT2D eigenvalue weighted by Gasteiger charge is -2.11. The van der Waals surface area contributed by atoms with E-state index in [0.717, 1.165) is 32.5 Å². The van der Waals surface area contributed by atoms with Gasteiger partial charge >= 0.3 is 6.03 Å². The molecule has 3 amide bonds. The number of nitrogens with zero attached hydrogens (tertiary/aromatic N) is 4. The van der Waals surface area contributed by atoms with Crippen LogP contribution >= 0.6 is 11.3 Å². The lowest BCUT2D eigenvalue weighted by atomic mass is 10.1. The van der Waals surface area contributed by atoms with E-state index in [1.807, 2.05) is 29.0 Å². The van der Waals surface area contributed by atoms with Gasteiger partial charge in [0.25, 0.3) is 15.9 Å². The molecule has 3 heterocycles. The number of anilines is 3. The van der Waals surface area contributed by atoms with Crippen molar-refractivity contribution >= 4 is 56.3 Å². The monoisotopic (exact) mass is 485 g/mol. The van der Waals surface area contributed by atoms with Crippen LogP contribution in [0.2, 0.25) is 0 Å². The Hall–Kier alpha value is -3.84. The number of rotatable bonds is 6. The highest BCUT2D eigenvalue weighted by Crippen LogP contribution is 2.23. The Balaban J connectivity index is 1.44. The van der Waals surface area contributed by atoms with E-state index < -0.39 is 16.1 Å². The van der Waals surface area contributed by atoms with E-state index in [2.05, 4.69) is 25.7 Å². The molecule has 3 aromatic rings. The Labute approximate surface area is 193 Å². The van der Waals surface area contributed by atoms with Crippen LogP contribution < -0.4 is 20.4 Å². The molecule has 11 nitrogen and oxygen atoms in total. The maximum absolute atomic E-state index is 12.5. The number of benzene rings is 1. The molecular formula is C20H19N7O4S2. The standard InChI is InChI=1S/C20H19N7O4S2/c1-12-6-7-19(32-12)33(30,31)26-20(29)24-16-10-23-17(11-22-16)27-18(28)9-15(25-27)13-4-3-5-14(8-13)21-2/h3-8,10-11,21H,9H2,1-2H3,(H2,22,24,26,29). The SMILES string of the molecule is CNc1cccc(C2=NN(c3cnc(NC(=O)NS(=O)(=O)c4ccc(C)s4)cn3)C(=O)C2)c1. The predicted octanol–water partition coefficient (Wildman–Crippen LogP) is 2.54. The first-order valence-corrected chi connectivity index (χ1v) is 12.0. The third-order valence-electron chi connectivity index (χ3n) is 4.56. The number of thiophene rings is 1. The van der Waals surface area contributed by atoms with Gasteiger partial charge in [-0.2, -0.15) is 10.1 Å². The zero-order valence-corrected chi connectivity index (χ0v) is 19.2. The summed E-state index contributed by atoms with van der Waals surface area (Å²) in [6.07, 6.45) is 2.58. The van der Waals surface area contributed by atoms with Gasteiger partial charge in [0.05, 0.1) is 24.5 Å². The Morgan fingerprint density at radius 2 is 1.97 bits per heavy atom. The summed E-state index contributed by atoms with van der Waals surface area (Å²) < 4.78 is 26.4. The van der Waals surface area contributed by atoms with Gasteiger partial charge < -0.3 is 5.32 Å². The fourth-order valence-corrected chi connectivity index (χ4v) is 5.18. The molecule has 13 heteroatoms. The normalized spacial score (nSPS) is 13.6. The van der Waals surface area contributed by atoms with Crippen LogP contribution in [-0.2, 0) is 14.8 Å². The molecule has 4 rings (SSSR count). The molecule has 0 aliphatic carbocycles. The van der Waals surface area contributed by atoms with Gasteiger partial charge in [0.2, 0.25) is 0 Å². The van der Waals surface area contributed by atoms with Gasteiger partial charge in [-0.1, -0.05) is 12.1 Å². The molecule has 33 heavy (non-hydrogen) atoms. The molecule has 2 aromatic heterocycles. The first kappa shape index (κ1) is 22.4. The molecule has 0 saturated heterocycles. The second kappa shape index (κ2) is 8.96. The number of aromatic nitrogens is 2. The van der Waals surface area contributed by atoms with Crippen LogP contribution in [0.15, 0.2) is 58.1 Å². The predicted molar refractivity (Wildman–Crippen MR) is 125 cm³/mol. The first-order chi connectivity index (χ1) is 15.7. The highest BCUT2D eigenvalue weighted by Gasteiger charge is 2.27. The number of hydrazone groups is 1. The van der Waals surface area contributed by atoms with E-state index in [4.69, 9.17) is 0 Å². The van der Waals surface area contributed by atoms with E-state index in [0.29, 0.717) is 5.71 Å². The van der Waals surface area contributed by atoms with Gasteiger partial charge in [0.1, 0.15) is 4.21 Å². The van der Waals surface area contributed by atoms with Crippen LogP contribution in [0.1, 0.15) is 16.9 Å². The van der Waals surface area contributed by atoms with Crippen molar-refractivity contribution in [3.05, 3.63) is 59.2 Å². The van der Waals surface area contributed by atoms with Gasteiger partial charge in [0, 0.05) is 23.2 Å². The number of aryl methyl sites for hydroxylation is 1. The molecule has 1 aliphatic heterocycles. The average molecular weight is 486 g/mol. The van der Waals surface area contributed by atoms with Gasteiger partial charge in [-0.15, -0.1) is 11.3 Å². The zero-order chi connectivity index (χ0) is 23.6. The van der Waals surface area contributed by atoms with Crippen molar-refractivity contribution in [2.75, 3.05) is 22.7 Å². The van der Waals surface area contributed by atoms with Gasteiger partial charge in [-0.25, -0.2) is 27.9 Å². The van der Waals surface area contributed by atoms with Crippen LogP contribution in [0.25, 0.3) is 0 Å². The fourth-order valence-electron chi connectivity index (χ4n) is 2.99. The van der Waals surface area contributed by atoms with E-state index in [1.54, 1.807) is 20.0 Å². The number of carbonyl (C=O) groups is 2. The topological polar surface area (TPSA) is 146 Å². The molecule has 0 bridgehead atoms. The Bertz CT molecular complexity index is 1350. The van der Waals surface area contributed by atoms with E-state index in [-0.39, 0.29) is 28.2 Å². The lowest BCUT2D eigenvalue weighted by Crippen LogP contribution is -2.34. The number of amides is 3. The average Bonchev–Trinajstić information content (AvgIpc) is 3.40. The molecule has 0 radical (unpaired) electrons. The minimum Gasteiger partial charge on any atom is -0.388 e. The van der Waals surface area contributed by atoms with Crippen molar-refractivity contribution in [1.29, 1.82) is 0 Å². The van der Waals surface area contributed by atoms with Crippen LogP contribution in [0.5, 0.6) is 0 Å². The highest BCUT2D eigenvalue weighted by atomic mass is 32.2. The van der Waals surface area contributed by atoms with Crippen LogP contribution in [0, 0.1) is 6.92 Å². The molecule has 0 unspecified atom stereocenters. The highest BCUT2D eigenvalue weighted by molar-refractivity contribution is 7.92. The number of hydrogen-bond acceptors (Lipinski definition) is 9. The Morgan fingerprint density at radius 1 is 1.15 bits per heavy atom. The van der Waals surface area contributed by atoms with Crippen LogP contribution in [0.4, 0.5) is 22.1 Å². The van der Waals surface area contributed by atoms with Gasteiger partial charge in [0.15, 0.2) is 11.6 Å². The second-order valence-corrected chi connectivity index (χ2v) is 10.1. The maximum atomic E-state index is 12.5. The third-order valence-corrected chi connectivity index (χ3v) is 7.39. The number of hydrogen-bond donors (Lipinski definition) is 3. The number of sulfonamides is 1. The quantitative estimate of drug-likeness (QED) is 0.486. The molecule has 170 valence electrons. The van der Waals surface area contributed by atoms with E-state index in [1.165, 1.54) is 18.5 Å². The van der Waals surface area contributed by atoms with Crippen molar-refractivity contribution in [3.8, 4) is 0 Å².